The quantitative estimate of drug-likeness (QED) is 0.456. The first kappa shape index (κ1) is 15.6. The van der Waals surface area contributed by atoms with Crippen molar-refractivity contribution < 1.29 is 23.1 Å². The zero-order valence-electron chi connectivity index (χ0n) is 11.2. The van der Waals surface area contributed by atoms with E-state index < -0.39 is 13.6 Å². The van der Waals surface area contributed by atoms with Crippen LogP contribution in [0.4, 0.5) is 0 Å². The van der Waals surface area contributed by atoms with Crippen LogP contribution in [-0.2, 0) is 29.6 Å². The zero-order valence-corrected chi connectivity index (χ0v) is 12.1. The standard InChI is InChI=1S/C13H17O5P/c1-11(14)18-13(19(15,16-2)17-3)10-9-12-7-5-4-6-8-12/h4-8,10H,9H2,1-3H3. The Labute approximate surface area is 112 Å². The molecule has 0 aromatic heterocycles. The molecule has 1 aromatic carbocycles. The highest BCUT2D eigenvalue weighted by atomic mass is 31.2. The minimum absolute atomic E-state index is 0.0890. The predicted molar refractivity (Wildman–Crippen MR) is 71.6 cm³/mol. The van der Waals surface area contributed by atoms with Gasteiger partial charge in [0, 0.05) is 21.1 Å². The van der Waals surface area contributed by atoms with Crippen molar-refractivity contribution in [1.82, 2.24) is 0 Å². The van der Waals surface area contributed by atoms with Crippen LogP contribution in [0.2, 0.25) is 0 Å². The van der Waals surface area contributed by atoms with Gasteiger partial charge in [0.05, 0.1) is 0 Å². The van der Waals surface area contributed by atoms with E-state index in [0.29, 0.717) is 6.42 Å². The molecule has 5 nitrogen and oxygen atoms in total. The van der Waals surface area contributed by atoms with Crippen molar-refractivity contribution in [2.24, 2.45) is 0 Å². The van der Waals surface area contributed by atoms with Crippen molar-refractivity contribution in [3.8, 4) is 0 Å². The fourth-order valence-electron chi connectivity index (χ4n) is 1.43. The zero-order chi connectivity index (χ0) is 14.3. The molecule has 19 heavy (non-hydrogen) atoms. The van der Waals surface area contributed by atoms with E-state index in [2.05, 4.69) is 0 Å². The minimum atomic E-state index is -3.56. The molecule has 0 radical (unpaired) electrons. The van der Waals surface area contributed by atoms with Gasteiger partial charge in [0.25, 0.3) is 0 Å². The Morgan fingerprint density at radius 1 is 1.21 bits per heavy atom. The number of rotatable bonds is 6. The molecule has 0 saturated carbocycles. The second kappa shape index (κ2) is 7.24. The van der Waals surface area contributed by atoms with Crippen LogP contribution in [0.3, 0.4) is 0 Å². The average molecular weight is 284 g/mol. The van der Waals surface area contributed by atoms with Gasteiger partial charge in [0.2, 0.25) is 5.50 Å². The Morgan fingerprint density at radius 3 is 2.26 bits per heavy atom. The smallest absolute Gasteiger partial charge is 0.395 e. The van der Waals surface area contributed by atoms with Gasteiger partial charge in [-0.15, -0.1) is 0 Å². The molecule has 0 saturated heterocycles. The monoisotopic (exact) mass is 284 g/mol. The summed E-state index contributed by atoms with van der Waals surface area (Å²) in [6, 6.07) is 9.50. The molecule has 1 aromatic rings. The molecule has 0 N–H and O–H groups in total. The van der Waals surface area contributed by atoms with Crippen LogP contribution in [-0.4, -0.2) is 20.2 Å². The maximum atomic E-state index is 12.2. The molecular formula is C13H17O5P. The highest BCUT2D eigenvalue weighted by Crippen LogP contribution is 2.55. The molecule has 0 aliphatic heterocycles. The summed E-state index contributed by atoms with van der Waals surface area (Å²) < 4.78 is 26.8. The van der Waals surface area contributed by atoms with Crippen molar-refractivity contribution in [3.05, 3.63) is 47.5 Å². The summed E-state index contributed by atoms with van der Waals surface area (Å²) in [5.41, 5.74) is 0.903. The van der Waals surface area contributed by atoms with Gasteiger partial charge in [-0.2, -0.15) is 0 Å². The second-order valence-electron chi connectivity index (χ2n) is 3.69. The van der Waals surface area contributed by atoms with Crippen LogP contribution in [0.1, 0.15) is 12.5 Å². The molecule has 0 heterocycles. The molecule has 0 atom stereocenters. The van der Waals surface area contributed by atoms with E-state index in [9.17, 15) is 9.36 Å². The van der Waals surface area contributed by atoms with Crippen LogP contribution in [0, 0.1) is 0 Å². The fraction of sp³-hybridized carbons (Fsp3) is 0.308. The molecule has 6 heteroatoms. The van der Waals surface area contributed by atoms with Gasteiger partial charge in [-0.3, -0.25) is 9.36 Å². The van der Waals surface area contributed by atoms with E-state index in [1.807, 2.05) is 30.3 Å². The summed E-state index contributed by atoms with van der Waals surface area (Å²) >= 11 is 0. The molecule has 104 valence electrons. The van der Waals surface area contributed by atoms with Crippen LogP contribution in [0.5, 0.6) is 0 Å². The summed E-state index contributed by atoms with van der Waals surface area (Å²) in [4.78, 5) is 11.0. The molecule has 0 bridgehead atoms. The van der Waals surface area contributed by atoms with E-state index in [4.69, 9.17) is 13.8 Å². The number of benzene rings is 1. The summed E-state index contributed by atoms with van der Waals surface area (Å²) in [6.45, 7) is 1.23. The largest absolute Gasteiger partial charge is 0.418 e. The Balaban J connectivity index is 2.97. The molecule has 0 aliphatic carbocycles. The van der Waals surface area contributed by atoms with Crippen LogP contribution in [0.25, 0.3) is 0 Å². The van der Waals surface area contributed by atoms with Crippen LogP contribution < -0.4 is 0 Å². The molecule has 0 unspecified atom stereocenters. The molecule has 0 spiro atoms. The molecule has 0 fully saturated rings. The van der Waals surface area contributed by atoms with E-state index in [-0.39, 0.29) is 5.50 Å². The van der Waals surface area contributed by atoms with Gasteiger partial charge < -0.3 is 13.8 Å². The van der Waals surface area contributed by atoms with Crippen molar-refractivity contribution in [3.63, 3.8) is 0 Å². The third-order valence-corrected chi connectivity index (χ3v) is 4.13. The first-order valence-electron chi connectivity index (χ1n) is 5.66. The first-order chi connectivity index (χ1) is 9.01. The lowest BCUT2D eigenvalue weighted by atomic mass is 10.1. The van der Waals surface area contributed by atoms with Crippen molar-refractivity contribution >= 4 is 13.6 Å². The normalized spacial score (nSPS) is 12.3. The van der Waals surface area contributed by atoms with Crippen LogP contribution >= 0.6 is 7.60 Å². The Kier molecular flexibility index (Phi) is 5.96. The van der Waals surface area contributed by atoms with Crippen LogP contribution in [0.15, 0.2) is 41.9 Å². The topological polar surface area (TPSA) is 61.8 Å². The van der Waals surface area contributed by atoms with E-state index in [1.165, 1.54) is 27.2 Å². The lowest BCUT2D eigenvalue weighted by molar-refractivity contribution is -0.136. The third-order valence-electron chi connectivity index (χ3n) is 2.35. The molecular weight excluding hydrogens is 267 g/mol. The first-order valence-corrected chi connectivity index (χ1v) is 7.20. The van der Waals surface area contributed by atoms with E-state index in [1.54, 1.807) is 0 Å². The van der Waals surface area contributed by atoms with Gasteiger partial charge in [-0.25, -0.2) is 0 Å². The highest BCUT2D eigenvalue weighted by molar-refractivity contribution is 7.58. The fourth-order valence-corrected chi connectivity index (χ4v) is 2.49. The van der Waals surface area contributed by atoms with Gasteiger partial charge in [0.15, 0.2) is 0 Å². The lowest BCUT2D eigenvalue weighted by Crippen LogP contribution is -2.03. The number of carbonyl (C=O) groups is 1. The number of esters is 1. The Hall–Kier alpha value is -1.42. The predicted octanol–water partition coefficient (Wildman–Crippen LogP) is 3.12. The number of hydrogen-bond donors (Lipinski definition) is 0. The van der Waals surface area contributed by atoms with Gasteiger partial charge >= 0.3 is 13.6 Å². The average Bonchev–Trinajstić information content (AvgIpc) is 2.43. The van der Waals surface area contributed by atoms with Crippen molar-refractivity contribution in [2.75, 3.05) is 14.2 Å². The SMILES string of the molecule is COP(=O)(OC)C(=CCc1ccccc1)OC(C)=O. The number of carbonyl (C=O) groups excluding carboxylic acids is 1. The lowest BCUT2D eigenvalue weighted by Gasteiger charge is -2.16. The summed E-state index contributed by atoms with van der Waals surface area (Å²) in [5.74, 6) is -0.575. The maximum absolute atomic E-state index is 12.2. The summed E-state index contributed by atoms with van der Waals surface area (Å²) in [6.07, 6.45) is 1.99. The Morgan fingerprint density at radius 2 is 1.79 bits per heavy atom. The van der Waals surface area contributed by atoms with E-state index in [0.717, 1.165) is 5.56 Å². The minimum Gasteiger partial charge on any atom is -0.418 e. The molecule has 0 amide bonds. The van der Waals surface area contributed by atoms with Gasteiger partial charge in [-0.05, 0) is 18.1 Å². The highest BCUT2D eigenvalue weighted by Gasteiger charge is 2.30. The summed E-state index contributed by atoms with van der Waals surface area (Å²) in [5, 5.41) is 0. The molecule has 1 rings (SSSR count). The van der Waals surface area contributed by atoms with Gasteiger partial charge in [-0.1, -0.05) is 30.3 Å². The summed E-state index contributed by atoms with van der Waals surface area (Å²) in [7, 11) is -1.08. The maximum Gasteiger partial charge on any atom is 0.395 e. The van der Waals surface area contributed by atoms with Crippen molar-refractivity contribution in [1.29, 1.82) is 0 Å². The number of ether oxygens (including phenoxy) is 1. The van der Waals surface area contributed by atoms with E-state index >= 15 is 0 Å². The molecule has 0 aliphatic rings. The van der Waals surface area contributed by atoms with Gasteiger partial charge in [0.1, 0.15) is 0 Å². The Bertz CT molecular complexity index is 487. The van der Waals surface area contributed by atoms with Crippen molar-refractivity contribution in [2.45, 2.75) is 13.3 Å². The number of allylic oxidation sites excluding steroid dienone is 1. The second-order valence-corrected chi connectivity index (χ2v) is 5.85. The third kappa shape index (κ3) is 4.63. The number of hydrogen-bond acceptors (Lipinski definition) is 5.